The Bertz CT molecular complexity index is 1010. The summed E-state index contributed by atoms with van der Waals surface area (Å²) in [5.41, 5.74) is 6.09. The van der Waals surface area contributed by atoms with E-state index in [0.29, 0.717) is 5.56 Å². The number of nitrogens with zero attached hydrogens (tertiary/aromatic N) is 2. The van der Waals surface area contributed by atoms with Gasteiger partial charge in [0.2, 0.25) is 0 Å². The topological polar surface area (TPSA) is 88.6 Å². The molecule has 2 N–H and O–H groups in total. The molecule has 0 saturated carbocycles. The molecule has 1 saturated heterocycles. The van der Waals surface area contributed by atoms with Gasteiger partial charge in [-0.15, -0.1) is 0 Å². The summed E-state index contributed by atoms with van der Waals surface area (Å²) in [6, 6.07) is 0. The lowest BCUT2D eigenvalue weighted by atomic mass is 10.1. The van der Waals surface area contributed by atoms with Crippen molar-refractivity contribution in [2.24, 2.45) is 0 Å². The maximum Gasteiger partial charge on any atom is 0.351 e. The molecule has 35 heavy (non-hydrogen) atoms. The number of hydrogen-bond donors (Lipinski definition) is 1. The molecule has 0 aromatic carbocycles. The molecule has 1 aliphatic rings. The van der Waals surface area contributed by atoms with Crippen molar-refractivity contribution in [2.75, 3.05) is 5.73 Å². The Balaban J connectivity index is 2.61. The SMILES string of the molecule is CCCC#Cc1cn([C@@H]2O[C@H](C)[C@@H](O[Si](C)(C)C(C)(C)C)[C@H]2O[Si](C)(C)C(C)(C)C)c(=O)nc1N. The van der Waals surface area contributed by atoms with Crippen molar-refractivity contribution in [2.45, 2.75) is 129 Å². The Kier molecular flexibility index (Phi) is 8.94. The van der Waals surface area contributed by atoms with Crippen LogP contribution >= 0.6 is 0 Å². The van der Waals surface area contributed by atoms with Gasteiger partial charge in [-0.1, -0.05) is 60.3 Å². The molecule has 1 aromatic rings. The van der Waals surface area contributed by atoms with Crippen molar-refractivity contribution in [3.05, 3.63) is 22.2 Å². The second-order valence-corrected chi connectivity index (χ2v) is 22.2. The molecule has 0 spiro atoms. The molecule has 0 amide bonds. The number of nitrogens with two attached hydrogens (primary N) is 1. The van der Waals surface area contributed by atoms with Gasteiger partial charge in [0.15, 0.2) is 22.9 Å². The first kappa shape index (κ1) is 29.8. The number of ether oxygens (including phenoxy) is 1. The fourth-order valence-electron chi connectivity index (χ4n) is 3.39. The van der Waals surface area contributed by atoms with E-state index in [1.807, 2.05) is 6.92 Å². The molecule has 1 aromatic heterocycles. The van der Waals surface area contributed by atoms with Crippen LogP contribution in [-0.2, 0) is 13.6 Å². The normalized spacial score (nSPS) is 23.8. The van der Waals surface area contributed by atoms with E-state index in [1.165, 1.54) is 4.57 Å². The number of rotatable bonds is 6. The van der Waals surface area contributed by atoms with Gasteiger partial charge in [-0.25, -0.2) is 4.79 Å². The van der Waals surface area contributed by atoms with Gasteiger partial charge in [0, 0.05) is 12.6 Å². The monoisotopic (exact) mass is 521 g/mol. The van der Waals surface area contributed by atoms with Gasteiger partial charge >= 0.3 is 5.69 Å². The highest BCUT2D eigenvalue weighted by atomic mass is 28.4. The van der Waals surface area contributed by atoms with Crippen molar-refractivity contribution >= 4 is 22.5 Å². The van der Waals surface area contributed by atoms with Gasteiger partial charge in [-0.05, 0) is 49.6 Å². The van der Waals surface area contributed by atoms with E-state index in [1.54, 1.807) is 6.20 Å². The second kappa shape index (κ2) is 10.5. The first-order valence-electron chi connectivity index (χ1n) is 12.7. The molecular weight excluding hydrogens is 474 g/mol. The zero-order chi connectivity index (χ0) is 27.0. The lowest BCUT2D eigenvalue weighted by Crippen LogP contribution is -2.53. The number of aromatic nitrogens is 2. The minimum absolute atomic E-state index is 0.0218. The summed E-state index contributed by atoms with van der Waals surface area (Å²) < 4.78 is 21.8. The van der Waals surface area contributed by atoms with Crippen LogP contribution in [-0.4, -0.2) is 44.5 Å². The van der Waals surface area contributed by atoms with Crippen molar-refractivity contribution in [3.8, 4) is 11.8 Å². The van der Waals surface area contributed by atoms with Crippen LogP contribution in [0.4, 0.5) is 5.82 Å². The summed E-state index contributed by atoms with van der Waals surface area (Å²) in [5.74, 6) is 6.29. The van der Waals surface area contributed by atoms with Crippen molar-refractivity contribution < 1.29 is 13.6 Å². The molecule has 9 heteroatoms. The molecule has 1 fully saturated rings. The maximum absolute atomic E-state index is 13.0. The van der Waals surface area contributed by atoms with Crippen molar-refractivity contribution in [1.82, 2.24) is 9.55 Å². The zero-order valence-corrected chi connectivity index (χ0v) is 25.9. The van der Waals surface area contributed by atoms with Crippen molar-refractivity contribution in [3.63, 3.8) is 0 Å². The summed E-state index contributed by atoms with van der Waals surface area (Å²) in [4.78, 5) is 17.1. The highest BCUT2D eigenvalue weighted by Crippen LogP contribution is 2.45. The van der Waals surface area contributed by atoms with Crippen LogP contribution in [0.15, 0.2) is 11.0 Å². The van der Waals surface area contributed by atoms with Gasteiger partial charge in [0.05, 0.1) is 11.7 Å². The van der Waals surface area contributed by atoms with Gasteiger partial charge in [-0.2, -0.15) is 4.98 Å². The molecule has 0 unspecified atom stereocenters. The Morgan fingerprint density at radius 1 is 1.06 bits per heavy atom. The molecule has 7 nitrogen and oxygen atoms in total. The Morgan fingerprint density at radius 3 is 2.06 bits per heavy atom. The quantitative estimate of drug-likeness (QED) is 0.383. The fourth-order valence-corrected chi connectivity index (χ4v) is 6.04. The molecule has 198 valence electrons. The lowest BCUT2D eigenvalue weighted by Gasteiger charge is -2.44. The number of nitrogen functional groups attached to an aromatic ring is 1. The molecular formula is C26H47N3O4Si2. The van der Waals surface area contributed by atoms with E-state index in [-0.39, 0.29) is 28.1 Å². The summed E-state index contributed by atoms with van der Waals surface area (Å²) in [6.07, 6.45) is 1.65. The minimum Gasteiger partial charge on any atom is -0.409 e. The van der Waals surface area contributed by atoms with Gasteiger partial charge in [-0.3, -0.25) is 4.57 Å². The third-order valence-corrected chi connectivity index (χ3v) is 16.7. The molecule has 1 aliphatic heterocycles. The van der Waals surface area contributed by atoms with E-state index in [2.05, 4.69) is 91.5 Å². The molecule has 0 bridgehead atoms. The van der Waals surface area contributed by atoms with Crippen LogP contribution in [0.3, 0.4) is 0 Å². The van der Waals surface area contributed by atoms with E-state index in [0.717, 1.165) is 12.8 Å². The third-order valence-electron chi connectivity index (χ3n) is 7.75. The summed E-state index contributed by atoms with van der Waals surface area (Å²) in [7, 11) is -4.39. The van der Waals surface area contributed by atoms with Crippen LogP contribution < -0.4 is 11.4 Å². The highest BCUT2D eigenvalue weighted by Gasteiger charge is 2.53. The minimum atomic E-state index is -2.24. The summed E-state index contributed by atoms with van der Waals surface area (Å²) in [6.45, 7) is 26.2. The Hall–Kier alpha value is -1.45. The highest BCUT2D eigenvalue weighted by molar-refractivity contribution is 6.74. The van der Waals surface area contributed by atoms with E-state index >= 15 is 0 Å². The van der Waals surface area contributed by atoms with Crippen LogP contribution in [0.2, 0.25) is 36.3 Å². The predicted molar refractivity (Wildman–Crippen MR) is 148 cm³/mol. The van der Waals surface area contributed by atoms with E-state index in [9.17, 15) is 4.79 Å². The molecule has 2 heterocycles. The average molecular weight is 522 g/mol. The van der Waals surface area contributed by atoms with E-state index < -0.39 is 34.7 Å². The first-order valence-corrected chi connectivity index (χ1v) is 18.5. The van der Waals surface area contributed by atoms with Crippen LogP contribution in [0.25, 0.3) is 0 Å². The standard InChI is InChI=1S/C26H47N3O4Si2/c1-13-14-15-16-19-17-29(24(30)28-22(19)27)23-21(33-35(11,12)26(6,7)8)20(18(2)31-23)32-34(9,10)25(3,4)5/h17-18,20-21,23H,13-14H2,1-12H3,(H2,27,28,30)/t18-,20-,21-,23-/m1/s1. The molecule has 2 rings (SSSR count). The summed E-state index contributed by atoms with van der Waals surface area (Å²) >= 11 is 0. The fraction of sp³-hybridized carbons (Fsp3) is 0.769. The van der Waals surface area contributed by atoms with Crippen LogP contribution in [0.1, 0.15) is 80.0 Å². The predicted octanol–water partition coefficient (Wildman–Crippen LogP) is 5.68. The van der Waals surface area contributed by atoms with Crippen LogP contribution in [0, 0.1) is 11.8 Å². The number of anilines is 1. The van der Waals surface area contributed by atoms with Gasteiger partial charge < -0.3 is 19.3 Å². The second-order valence-electron chi connectivity index (χ2n) is 12.7. The Morgan fingerprint density at radius 2 is 1.57 bits per heavy atom. The smallest absolute Gasteiger partial charge is 0.351 e. The number of unbranched alkanes of at least 4 members (excludes halogenated alkanes) is 1. The number of hydrogen-bond acceptors (Lipinski definition) is 6. The first-order chi connectivity index (χ1) is 15.8. The van der Waals surface area contributed by atoms with E-state index in [4.69, 9.17) is 19.3 Å². The van der Waals surface area contributed by atoms with Crippen molar-refractivity contribution in [1.29, 1.82) is 0 Å². The molecule has 0 aliphatic carbocycles. The molecule has 4 atom stereocenters. The van der Waals surface area contributed by atoms with Gasteiger partial charge in [0.1, 0.15) is 18.0 Å². The largest absolute Gasteiger partial charge is 0.409 e. The Labute approximate surface area is 214 Å². The van der Waals surface area contributed by atoms with Gasteiger partial charge in [0.25, 0.3) is 0 Å². The zero-order valence-electron chi connectivity index (χ0n) is 23.9. The average Bonchev–Trinajstić information content (AvgIpc) is 2.96. The van der Waals surface area contributed by atoms with Crippen LogP contribution in [0.5, 0.6) is 0 Å². The third kappa shape index (κ3) is 6.66. The lowest BCUT2D eigenvalue weighted by molar-refractivity contribution is -0.0310. The molecule has 0 radical (unpaired) electrons. The maximum atomic E-state index is 13.0. The summed E-state index contributed by atoms with van der Waals surface area (Å²) in [5, 5.41) is -0.0000248.